The molecular formula is C8H15N5O. The lowest BCUT2D eigenvalue weighted by Crippen LogP contribution is -2.22. The third-order valence-corrected chi connectivity index (χ3v) is 1.84. The lowest BCUT2D eigenvalue weighted by Gasteiger charge is -2.15. The maximum Gasteiger partial charge on any atom is 0.221 e. The van der Waals surface area contributed by atoms with Gasteiger partial charge in [0.1, 0.15) is 5.82 Å². The van der Waals surface area contributed by atoms with Crippen molar-refractivity contribution in [2.45, 2.75) is 6.54 Å². The first-order chi connectivity index (χ1) is 6.63. The van der Waals surface area contributed by atoms with Crippen molar-refractivity contribution in [3.63, 3.8) is 0 Å². The first-order valence-corrected chi connectivity index (χ1v) is 4.29. The summed E-state index contributed by atoms with van der Waals surface area (Å²) in [4.78, 5) is 9.61. The van der Waals surface area contributed by atoms with Gasteiger partial charge in [-0.3, -0.25) is 4.90 Å². The zero-order valence-electron chi connectivity index (χ0n) is 8.14. The number of anilines is 2. The van der Waals surface area contributed by atoms with E-state index in [4.69, 9.17) is 16.6 Å². The van der Waals surface area contributed by atoms with Crippen LogP contribution in [0.3, 0.4) is 0 Å². The number of likely N-dealkylation sites (N-methyl/N-ethyl adjacent to an activating group) is 1. The summed E-state index contributed by atoms with van der Waals surface area (Å²) < 4.78 is 0. The fourth-order valence-corrected chi connectivity index (χ4v) is 1.10. The van der Waals surface area contributed by atoms with Gasteiger partial charge >= 0.3 is 0 Å². The van der Waals surface area contributed by atoms with Gasteiger partial charge in [-0.1, -0.05) is 0 Å². The molecule has 0 aliphatic rings. The van der Waals surface area contributed by atoms with Crippen LogP contribution in [0.1, 0.15) is 5.56 Å². The van der Waals surface area contributed by atoms with Gasteiger partial charge in [-0.2, -0.15) is 4.98 Å². The molecule has 0 unspecified atom stereocenters. The van der Waals surface area contributed by atoms with Crippen LogP contribution in [-0.2, 0) is 6.54 Å². The van der Waals surface area contributed by atoms with Crippen molar-refractivity contribution < 1.29 is 5.11 Å². The van der Waals surface area contributed by atoms with Crippen LogP contribution >= 0.6 is 0 Å². The van der Waals surface area contributed by atoms with Gasteiger partial charge in [-0.25, -0.2) is 4.98 Å². The molecule has 1 heterocycles. The predicted molar refractivity (Wildman–Crippen MR) is 54.3 cm³/mol. The van der Waals surface area contributed by atoms with E-state index < -0.39 is 0 Å². The van der Waals surface area contributed by atoms with E-state index in [9.17, 15) is 0 Å². The molecule has 0 atom stereocenters. The molecule has 6 heteroatoms. The SMILES string of the molecule is CN(CCO)Cc1cnc(N)nc1N. The van der Waals surface area contributed by atoms with E-state index in [0.29, 0.717) is 18.9 Å². The summed E-state index contributed by atoms with van der Waals surface area (Å²) in [6.07, 6.45) is 1.60. The number of aliphatic hydroxyl groups is 1. The molecule has 5 N–H and O–H groups in total. The number of nitrogen functional groups attached to an aromatic ring is 2. The standard InChI is InChI=1S/C8H15N5O/c1-13(2-3-14)5-6-4-11-8(10)12-7(6)9/h4,14H,2-3,5H2,1H3,(H4,9,10,11,12). The summed E-state index contributed by atoms with van der Waals surface area (Å²) in [7, 11) is 1.88. The topological polar surface area (TPSA) is 101 Å². The average molecular weight is 197 g/mol. The van der Waals surface area contributed by atoms with Gasteiger partial charge < -0.3 is 16.6 Å². The van der Waals surface area contributed by atoms with E-state index in [-0.39, 0.29) is 12.6 Å². The molecule has 0 amide bonds. The smallest absolute Gasteiger partial charge is 0.221 e. The Hall–Kier alpha value is -1.40. The minimum absolute atomic E-state index is 0.117. The van der Waals surface area contributed by atoms with Crippen molar-refractivity contribution in [2.24, 2.45) is 0 Å². The first kappa shape index (κ1) is 10.7. The maximum atomic E-state index is 8.70. The van der Waals surface area contributed by atoms with E-state index >= 15 is 0 Å². The van der Waals surface area contributed by atoms with Crippen molar-refractivity contribution in [2.75, 3.05) is 31.7 Å². The number of aromatic nitrogens is 2. The number of hydrogen-bond donors (Lipinski definition) is 3. The molecule has 0 aliphatic carbocycles. The lowest BCUT2D eigenvalue weighted by molar-refractivity contribution is 0.217. The number of nitrogens with zero attached hydrogens (tertiary/aromatic N) is 3. The van der Waals surface area contributed by atoms with Gasteiger partial charge in [0.2, 0.25) is 5.95 Å². The van der Waals surface area contributed by atoms with Gasteiger partial charge in [0.05, 0.1) is 6.61 Å². The van der Waals surface area contributed by atoms with Crippen LogP contribution in [0.15, 0.2) is 6.20 Å². The Morgan fingerprint density at radius 3 is 2.79 bits per heavy atom. The van der Waals surface area contributed by atoms with Crippen molar-refractivity contribution in [1.29, 1.82) is 0 Å². The summed E-state index contributed by atoms with van der Waals surface area (Å²) in [5.41, 5.74) is 11.8. The minimum Gasteiger partial charge on any atom is -0.395 e. The Kier molecular flexibility index (Phi) is 3.61. The fourth-order valence-electron chi connectivity index (χ4n) is 1.10. The average Bonchev–Trinajstić information content (AvgIpc) is 2.10. The molecule has 78 valence electrons. The summed E-state index contributed by atoms with van der Waals surface area (Å²) in [6.45, 7) is 1.31. The van der Waals surface area contributed by atoms with Crippen LogP contribution in [0.4, 0.5) is 11.8 Å². The minimum atomic E-state index is 0.117. The van der Waals surface area contributed by atoms with E-state index in [1.54, 1.807) is 6.20 Å². The normalized spacial score (nSPS) is 10.8. The largest absolute Gasteiger partial charge is 0.395 e. The molecule has 0 saturated heterocycles. The Labute approximate surface area is 82.6 Å². The Morgan fingerprint density at radius 1 is 1.50 bits per heavy atom. The van der Waals surface area contributed by atoms with Crippen LogP contribution in [-0.4, -0.2) is 40.2 Å². The summed E-state index contributed by atoms with van der Waals surface area (Å²) in [5.74, 6) is 0.568. The molecule has 0 spiro atoms. The van der Waals surface area contributed by atoms with Gasteiger partial charge in [-0.15, -0.1) is 0 Å². The van der Waals surface area contributed by atoms with E-state index in [1.165, 1.54) is 0 Å². The van der Waals surface area contributed by atoms with E-state index in [1.807, 2.05) is 11.9 Å². The summed E-state index contributed by atoms with van der Waals surface area (Å²) in [5, 5.41) is 8.70. The van der Waals surface area contributed by atoms with Crippen LogP contribution in [0.5, 0.6) is 0 Å². The van der Waals surface area contributed by atoms with Gasteiger partial charge in [-0.05, 0) is 7.05 Å². The van der Waals surface area contributed by atoms with Crippen molar-refractivity contribution >= 4 is 11.8 Å². The van der Waals surface area contributed by atoms with Crippen LogP contribution in [0, 0.1) is 0 Å². The quantitative estimate of drug-likeness (QED) is 0.576. The monoisotopic (exact) mass is 197 g/mol. The zero-order valence-corrected chi connectivity index (χ0v) is 8.14. The van der Waals surface area contributed by atoms with Gasteiger partial charge in [0.15, 0.2) is 0 Å². The Bertz CT molecular complexity index is 304. The second-order valence-corrected chi connectivity index (χ2v) is 3.10. The number of nitrogens with two attached hydrogens (primary N) is 2. The predicted octanol–water partition coefficient (Wildman–Crippen LogP) is -0.935. The second kappa shape index (κ2) is 4.73. The molecule has 0 aliphatic heterocycles. The van der Waals surface area contributed by atoms with Crippen molar-refractivity contribution in [3.05, 3.63) is 11.8 Å². The third-order valence-electron chi connectivity index (χ3n) is 1.84. The third kappa shape index (κ3) is 2.82. The van der Waals surface area contributed by atoms with Crippen molar-refractivity contribution in [3.8, 4) is 0 Å². The van der Waals surface area contributed by atoms with Gasteiger partial charge in [0.25, 0.3) is 0 Å². The highest BCUT2D eigenvalue weighted by atomic mass is 16.3. The molecule has 0 fully saturated rings. The highest BCUT2D eigenvalue weighted by Crippen LogP contribution is 2.10. The van der Waals surface area contributed by atoms with Crippen LogP contribution < -0.4 is 11.5 Å². The first-order valence-electron chi connectivity index (χ1n) is 4.29. The Morgan fingerprint density at radius 2 is 2.21 bits per heavy atom. The van der Waals surface area contributed by atoms with E-state index in [2.05, 4.69) is 9.97 Å². The fraction of sp³-hybridized carbons (Fsp3) is 0.500. The maximum absolute atomic E-state index is 8.70. The summed E-state index contributed by atoms with van der Waals surface area (Å²) in [6, 6.07) is 0. The molecule has 0 radical (unpaired) electrons. The molecule has 14 heavy (non-hydrogen) atoms. The zero-order chi connectivity index (χ0) is 10.6. The molecule has 1 aromatic heterocycles. The molecule has 1 aromatic rings. The molecule has 1 rings (SSSR count). The number of hydrogen-bond acceptors (Lipinski definition) is 6. The molecule has 0 aromatic carbocycles. The van der Waals surface area contributed by atoms with Gasteiger partial charge in [0, 0.05) is 24.8 Å². The number of rotatable bonds is 4. The van der Waals surface area contributed by atoms with E-state index in [0.717, 1.165) is 5.56 Å². The van der Waals surface area contributed by atoms with Crippen LogP contribution in [0.25, 0.3) is 0 Å². The Balaban J connectivity index is 2.67. The van der Waals surface area contributed by atoms with Crippen LogP contribution in [0.2, 0.25) is 0 Å². The second-order valence-electron chi connectivity index (χ2n) is 3.10. The molecule has 0 bridgehead atoms. The lowest BCUT2D eigenvalue weighted by atomic mass is 10.3. The number of aliphatic hydroxyl groups excluding tert-OH is 1. The highest BCUT2D eigenvalue weighted by Gasteiger charge is 2.05. The van der Waals surface area contributed by atoms with Crippen molar-refractivity contribution in [1.82, 2.24) is 14.9 Å². The molecule has 6 nitrogen and oxygen atoms in total. The molecular weight excluding hydrogens is 182 g/mol. The molecule has 0 saturated carbocycles. The highest BCUT2D eigenvalue weighted by molar-refractivity contribution is 5.41. The summed E-state index contributed by atoms with van der Waals surface area (Å²) >= 11 is 0.